The summed E-state index contributed by atoms with van der Waals surface area (Å²) in [6.45, 7) is 10.9. The van der Waals surface area contributed by atoms with Gasteiger partial charge < -0.3 is 0 Å². The summed E-state index contributed by atoms with van der Waals surface area (Å²) < 4.78 is 0. The van der Waals surface area contributed by atoms with Gasteiger partial charge in [-0.05, 0) is 68.7 Å². The molecule has 2 aromatic rings. The van der Waals surface area contributed by atoms with Crippen molar-refractivity contribution in [3.8, 4) is 0 Å². The normalized spacial score (nSPS) is 17.8. The molecule has 5 nitrogen and oxygen atoms in total. The van der Waals surface area contributed by atoms with Crippen LogP contribution in [-0.4, -0.2) is 21.0 Å². The highest BCUT2D eigenvalue weighted by molar-refractivity contribution is 5.94. The van der Waals surface area contributed by atoms with Crippen molar-refractivity contribution in [1.29, 1.82) is 0 Å². The molecule has 0 spiro atoms. The second-order valence-corrected chi connectivity index (χ2v) is 8.88. The van der Waals surface area contributed by atoms with Crippen LogP contribution in [0.2, 0.25) is 0 Å². The van der Waals surface area contributed by atoms with E-state index < -0.39 is 0 Å². The quantitative estimate of drug-likeness (QED) is 0.462. The molecular weight excluding hydrogens is 384 g/mol. The first kappa shape index (κ1) is 22.5. The second-order valence-electron chi connectivity index (χ2n) is 8.88. The lowest BCUT2D eigenvalue weighted by molar-refractivity contribution is -0.113. The summed E-state index contributed by atoms with van der Waals surface area (Å²) in [6, 6.07) is 7.48. The number of aromatic nitrogens is 3. The molecule has 5 heteroatoms. The van der Waals surface area contributed by atoms with E-state index in [4.69, 9.17) is 0 Å². The number of amides is 1. The van der Waals surface area contributed by atoms with E-state index in [-0.39, 0.29) is 11.3 Å². The Morgan fingerprint density at radius 2 is 1.77 bits per heavy atom. The minimum absolute atomic E-state index is 0.247. The molecule has 1 aromatic heterocycles. The molecule has 0 saturated heterocycles. The van der Waals surface area contributed by atoms with Crippen molar-refractivity contribution in [2.24, 2.45) is 5.41 Å². The highest BCUT2D eigenvalue weighted by Crippen LogP contribution is 2.40. The van der Waals surface area contributed by atoms with Crippen LogP contribution in [-0.2, 0) is 4.79 Å². The van der Waals surface area contributed by atoms with Crippen molar-refractivity contribution >= 4 is 16.9 Å². The zero-order valence-corrected chi connectivity index (χ0v) is 19.1. The molecule has 0 fully saturated rings. The Bertz CT molecular complexity index is 1080. The number of benzene rings is 1. The van der Waals surface area contributed by atoms with Crippen LogP contribution in [0, 0.1) is 5.41 Å². The van der Waals surface area contributed by atoms with Gasteiger partial charge in [0.15, 0.2) is 0 Å². The van der Waals surface area contributed by atoms with Gasteiger partial charge in [-0.25, -0.2) is 5.43 Å². The number of fused-ring (bicyclic) bond motifs is 1. The number of allylic oxidation sites excluding steroid dienone is 9. The predicted octanol–water partition coefficient (Wildman–Crippen LogP) is 6.03. The van der Waals surface area contributed by atoms with E-state index in [1.54, 1.807) is 0 Å². The van der Waals surface area contributed by atoms with Crippen molar-refractivity contribution in [3.05, 3.63) is 83.0 Å². The first-order valence-electron chi connectivity index (χ1n) is 10.8. The van der Waals surface area contributed by atoms with Crippen molar-refractivity contribution in [3.63, 3.8) is 0 Å². The second kappa shape index (κ2) is 9.73. The fourth-order valence-electron chi connectivity index (χ4n) is 3.93. The average molecular weight is 417 g/mol. The van der Waals surface area contributed by atoms with Crippen molar-refractivity contribution < 1.29 is 4.79 Å². The molecule has 162 valence electrons. The lowest BCUT2D eigenvalue weighted by atomic mass is 9.72. The summed E-state index contributed by atoms with van der Waals surface area (Å²) in [7, 11) is 0. The van der Waals surface area contributed by atoms with E-state index in [0.29, 0.717) is 0 Å². The third-order valence-corrected chi connectivity index (χ3v) is 5.63. The van der Waals surface area contributed by atoms with Crippen LogP contribution in [0.15, 0.2) is 83.0 Å². The maximum absolute atomic E-state index is 12.2. The third kappa shape index (κ3) is 6.14. The van der Waals surface area contributed by atoms with Crippen LogP contribution in [0.5, 0.6) is 0 Å². The molecule has 31 heavy (non-hydrogen) atoms. The summed E-state index contributed by atoms with van der Waals surface area (Å²) in [6.07, 6.45) is 15.6. The SMILES string of the molecule is CC1=C(/C=C/C(C)=C/C=C/C(C)=C/C(=O)Nn2nc3ccccc3n2)C(C)(C)CCC1. The Morgan fingerprint density at radius 3 is 2.42 bits per heavy atom. The average Bonchev–Trinajstić information content (AvgIpc) is 3.09. The fraction of sp³-hybridized carbons (Fsp3) is 0.346. The van der Waals surface area contributed by atoms with Crippen LogP contribution in [0.3, 0.4) is 0 Å². The Hall–Kier alpha value is -3.21. The monoisotopic (exact) mass is 416 g/mol. The molecule has 0 unspecified atom stereocenters. The Labute approximate surface area is 184 Å². The summed E-state index contributed by atoms with van der Waals surface area (Å²) in [5, 5.41) is 8.45. The van der Waals surface area contributed by atoms with E-state index >= 15 is 0 Å². The van der Waals surface area contributed by atoms with Gasteiger partial charge in [0.05, 0.1) is 0 Å². The predicted molar refractivity (Wildman–Crippen MR) is 128 cm³/mol. The summed E-state index contributed by atoms with van der Waals surface area (Å²) >= 11 is 0. The van der Waals surface area contributed by atoms with Crippen LogP contribution in [0.1, 0.15) is 53.9 Å². The number of carbonyl (C=O) groups excluding carboxylic acids is 1. The fourth-order valence-corrected chi connectivity index (χ4v) is 3.93. The Kier molecular flexibility index (Phi) is 7.06. The van der Waals surface area contributed by atoms with Crippen molar-refractivity contribution in [2.45, 2.75) is 53.9 Å². The molecule has 0 radical (unpaired) electrons. The van der Waals surface area contributed by atoms with Gasteiger partial charge in [0.1, 0.15) is 11.0 Å². The number of nitrogens with zero attached hydrogens (tertiary/aromatic N) is 3. The molecule has 1 aliphatic carbocycles. The van der Waals surface area contributed by atoms with Gasteiger partial charge in [-0.3, -0.25) is 4.79 Å². The highest BCUT2D eigenvalue weighted by Gasteiger charge is 2.26. The lowest BCUT2D eigenvalue weighted by Gasteiger charge is -2.32. The Balaban J connectivity index is 1.59. The Morgan fingerprint density at radius 1 is 1.10 bits per heavy atom. The van der Waals surface area contributed by atoms with E-state index in [9.17, 15) is 4.79 Å². The third-order valence-electron chi connectivity index (χ3n) is 5.63. The summed E-state index contributed by atoms with van der Waals surface area (Å²) in [5.74, 6) is -0.273. The van der Waals surface area contributed by atoms with Gasteiger partial charge in [-0.2, -0.15) is 0 Å². The van der Waals surface area contributed by atoms with Gasteiger partial charge in [-0.15, -0.1) is 10.2 Å². The standard InChI is InChI=1S/C26H32N4O/c1-19(15-16-22-21(3)12-9-17-26(22,4)5)10-8-11-20(2)18-25(31)29-30-27-23-13-6-7-14-24(23)28-30/h6-8,10-11,13-16,18H,9,12,17H2,1-5H3,(H,29,31)/b11-8+,16-15+,19-10+,20-18+. The molecule has 0 bridgehead atoms. The largest absolute Gasteiger partial charge is 0.268 e. The van der Waals surface area contributed by atoms with Crippen LogP contribution in [0.4, 0.5) is 0 Å². The van der Waals surface area contributed by atoms with Crippen LogP contribution >= 0.6 is 0 Å². The number of rotatable bonds is 6. The van der Waals surface area contributed by atoms with Crippen LogP contribution in [0.25, 0.3) is 11.0 Å². The molecule has 0 atom stereocenters. The van der Waals surface area contributed by atoms with E-state index in [1.165, 1.54) is 47.0 Å². The summed E-state index contributed by atoms with van der Waals surface area (Å²) in [5.41, 5.74) is 9.33. The van der Waals surface area contributed by atoms with Crippen molar-refractivity contribution in [2.75, 3.05) is 5.43 Å². The topological polar surface area (TPSA) is 59.8 Å². The minimum atomic E-state index is -0.273. The van der Waals surface area contributed by atoms with E-state index in [0.717, 1.165) is 16.6 Å². The van der Waals surface area contributed by atoms with Gasteiger partial charge in [0, 0.05) is 6.08 Å². The summed E-state index contributed by atoms with van der Waals surface area (Å²) in [4.78, 5) is 13.4. The molecule has 0 aliphatic heterocycles. The molecule has 0 saturated carbocycles. The van der Waals surface area contributed by atoms with Gasteiger partial charge >= 0.3 is 0 Å². The molecule has 1 aromatic carbocycles. The van der Waals surface area contributed by atoms with Crippen LogP contribution < -0.4 is 5.43 Å². The number of nitrogens with one attached hydrogen (secondary N) is 1. The maximum Gasteiger partial charge on any atom is 0.265 e. The van der Waals surface area contributed by atoms with E-state index in [2.05, 4.69) is 61.5 Å². The zero-order chi connectivity index (χ0) is 22.4. The number of hydrogen-bond acceptors (Lipinski definition) is 3. The van der Waals surface area contributed by atoms with E-state index in [1.807, 2.05) is 43.3 Å². The van der Waals surface area contributed by atoms with Gasteiger partial charge in [0.2, 0.25) is 0 Å². The molecular formula is C26H32N4O. The zero-order valence-electron chi connectivity index (χ0n) is 19.1. The highest BCUT2D eigenvalue weighted by atomic mass is 16.2. The molecule has 3 rings (SSSR count). The van der Waals surface area contributed by atoms with Gasteiger partial charge in [-0.1, -0.05) is 72.4 Å². The number of hydrogen-bond donors (Lipinski definition) is 1. The number of carbonyl (C=O) groups is 1. The first-order chi connectivity index (χ1) is 14.7. The van der Waals surface area contributed by atoms with Crippen molar-refractivity contribution in [1.82, 2.24) is 15.1 Å². The molecule has 1 amide bonds. The minimum Gasteiger partial charge on any atom is -0.268 e. The smallest absolute Gasteiger partial charge is 0.265 e. The molecule has 1 N–H and O–H groups in total. The molecule has 1 aliphatic rings. The first-order valence-corrected chi connectivity index (χ1v) is 10.8. The molecule has 1 heterocycles. The van der Waals surface area contributed by atoms with Gasteiger partial charge in [0.25, 0.3) is 5.91 Å². The maximum atomic E-state index is 12.2. The lowest BCUT2D eigenvalue weighted by Crippen LogP contribution is -2.23.